The van der Waals surface area contributed by atoms with Crippen LogP contribution in [0.5, 0.6) is 0 Å². The third kappa shape index (κ3) is 3.70. The number of aromatic nitrogens is 2. The Morgan fingerprint density at radius 3 is 2.52 bits per heavy atom. The Morgan fingerprint density at radius 2 is 1.96 bits per heavy atom. The molecule has 2 rings (SSSR count). The van der Waals surface area contributed by atoms with E-state index in [0.717, 1.165) is 0 Å². The predicted octanol–water partition coefficient (Wildman–Crippen LogP) is 1.07. The molecule has 120 valence electrons. The summed E-state index contributed by atoms with van der Waals surface area (Å²) in [7, 11) is 1.23. The lowest BCUT2D eigenvalue weighted by atomic mass is 10.3. The zero-order valence-electron chi connectivity index (χ0n) is 12.4. The fourth-order valence-corrected chi connectivity index (χ4v) is 1.82. The minimum atomic E-state index is -0.794. The Bertz CT molecular complexity index is 738. The molecule has 0 fully saturated rings. The van der Waals surface area contributed by atoms with Crippen molar-refractivity contribution < 1.29 is 19.2 Å². The summed E-state index contributed by atoms with van der Waals surface area (Å²) in [5.41, 5.74) is 0.639. The molecular weight excluding hydrogens is 304 g/mol. The maximum Gasteiger partial charge on any atom is 0.328 e. The number of hydrogen-bond donors (Lipinski definition) is 1. The molecule has 1 atom stereocenters. The molecule has 9 heteroatoms. The molecule has 1 heterocycles. The molecule has 2 aromatic rings. The number of non-ortho nitro benzene ring substituents is 1. The quantitative estimate of drug-likeness (QED) is 0.501. The summed E-state index contributed by atoms with van der Waals surface area (Å²) >= 11 is 0. The minimum absolute atomic E-state index is 0.0363. The van der Waals surface area contributed by atoms with Gasteiger partial charge in [0.2, 0.25) is 0 Å². The molecule has 1 aromatic heterocycles. The summed E-state index contributed by atoms with van der Waals surface area (Å²) in [6, 6.07) is 6.40. The monoisotopic (exact) mass is 318 g/mol. The molecule has 23 heavy (non-hydrogen) atoms. The molecule has 0 spiro atoms. The average molecular weight is 318 g/mol. The Kier molecular flexibility index (Phi) is 4.69. The van der Waals surface area contributed by atoms with Gasteiger partial charge < -0.3 is 10.1 Å². The van der Waals surface area contributed by atoms with Crippen LogP contribution in [0.4, 0.5) is 5.69 Å². The van der Waals surface area contributed by atoms with Crippen LogP contribution in [0.3, 0.4) is 0 Å². The van der Waals surface area contributed by atoms with Gasteiger partial charge >= 0.3 is 5.97 Å². The first-order valence-corrected chi connectivity index (χ1v) is 6.61. The normalized spacial score (nSPS) is 11.6. The van der Waals surface area contributed by atoms with Gasteiger partial charge in [-0.1, -0.05) is 0 Å². The molecule has 0 bridgehead atoms. The van der Waals surface area contributed by atoms with Crippen LogP contribution in [0.25, 0.3) is 5.69 Å². The van der Waals surface area contributed by atoms with Crippen LogP contribution in [-0.2, 0) is 9.53 Å². The van der Waals surface area contributed by atoms with E-state index in [2.05, 4.69) is 15.2 Å². The van der Waals surface area contributed by atoms with Gasteiger partial charge in [0, 0.05) is 18.3 Å². The van der Waals surface area contributed by atoms with Gasteiger partial charge in [-0.15, -0.1) is 0 Å². The summed E-state index contributed by atoms with van der Waals surface area (Å²) in [6.45, 7) is 1.50. The highest BCUT2D eigenvalue weighted by Gasteiger charge is 2.18. The lowest BCUT2D eigenvalue weighted by Crippen LogP contribution is -2.39. The van der Waals surface area contributed by atoms with Crippen LogP contribution in [0.2, 0.25) is 0 Å². The topological polar surface area (TPSA) is 116 Å². The lowest BCUT2D eigenvalue weighted by Gasteiger charge is -2.09. The number of nitro groups is 1. The van der Waals surface area contributed by atoms with Crippen LogP contribution in [0.15, 0.2) is 36.5 Å². The molecular formula is C14H14N4O5. The first-order chi connectivity index (χ1) is 10.9. The number of nitro benzene ring substituents is 1. The van der Waals surface area contributed by atoms with Gasteiger partial charge in [0.15, 0.2) is 5.69 Å². The number of amides is 1. The largest absolute Gasteiger partial charge is 0.467 e. The van der Waals surface area contributed by atoms with Crippen molar-refractivity contribution in [1.29, 1.82) is 0 Å². The number of methoxy groups -OCH3 is 1. The second-order valence-electron chi connectivity index (χ2n) is 4.64. The van der Waals surface area contributed by atoms with Crippen molar-refractivity contribution in [1.82, 2.24) is 15.1 Å². The SMILES string of the molecule is COC(=O)[C@H](C)NC(=O)c1ccn(-c2ccc([N+](=O)[O-])cc2)n1. The number of nitrogens with zero attached hydrogens (tertiary/aromatic N) is 3. The Hall–Kier alpha value is -3.23. The van der Waals surface area contributed by atoms with Crippen molar-refractivity contribution in [2.45, 2.75) is 13.0 Å². The zero-order chi connectivity index (χ0) is 17.0. The van der Waals surface area contributed by atoms with Crippen LogP contribution in [-0.4, -0.2) is 39.7 Å². The first-order valence-electron chi connectivity index (χ1n) is 6.61. The third-order valence-electron chi connectivity index (χ3n) is 3.05. The number of nitrogens with one attached hydrogen (secondary N) is 1. The standard InChI is InChI=1S/C14H14N4O5/c1-9(14(20)23-2)15-13(19)12-7-8-17(16-12)10-3-5-11(6-4-10)18(21)22/h3-9H,1-2H3,(H,15,19)/t9-/m0/s1. The summed E-state index contributed by atoms with van der Waals surface area (Å²) in [5, 5.41) is 17.1. The Morgan fingerprint density at radius 1 is 1.30 bits per heavy atom. The number of hydrogen-bond acceptors (Lipinski definition) is 6. The molecule has 0 saturated heterocycles. The second-order valence-corrected chi connectivity index (χ2v) is 4.64. The van der Waals surface area contributed by atoms with E-state index in [-0.39, 0.29) is 11.4 Å². The fraction of sp³-hybridized carbons (Fsp3) is 0.214. The molecule has 0 aliphatic carbocycles. The van der Waals surface area contributed by atoms with Gasteiger partial charge in [0.1, 0.15) is 6.04 Å². The van der Waals surface area contributed by atoms with E-state index in [9.17, 15) is 19.7 Å². The Labute approximate surface area is 131 Å². The zero-order valence-corrected chi connectivity index (χ0v) is 12.4. The van der Waals surface area contributed by atoms with Gasteiger partial charge in [-0.05, 0) is 25.1 Å². The summed E-state index contributed by atoms with van der Waals surface area (Å²) in [5.74, 6) is -1.09. The molecule has 0 saturated carbocycles. The highest BCUT2D eigenvalue weighted by molar-refractivity contribution is 5.95. The lowest BCUT2D eigenvalue weighted by molar-refractivity contribution is -0.384. The number of ether oxygens (including phenoxy) is 1. The van der Waals surface area contributed by atoms with Gasteiger partial charge in [-0.25, -0.2) is 9.48 Å². The molecule has 0 radical (unpaired) electrons. The molecule has 0 aliphatic rings. The first kappa shape index (κ1) is 16.1. The summed E-state index contributed by atoms with van der Waals surface area (Å²) < 4.78 is 5.92. The van der Waals surface area contributed by atoms with E-state index in [1.165, 1.54) is 49.0 Å². The van der Waals surface area contributed by atoms with Crippen molar-refractivity contribution in [2.24, 2.45) is 0 Å². The smallest absolute Gasteiger partial charge is 0.328 e. The van der Waals surface area contributed by atoms with Gasteiger partial charge in [-0.3, -0.25) is 14.9 Å². The number of benzene rings is 1. The highest BCUT2D eigenvalue weighted by Crippen LogP contribution is 2.14. The maximum atomic E-state index is 12.0. The number of rotatable bonds is 5. The van der Waals surface area contributed by atoms with Crippen molar-refractivity contribution >= 4 is 17.6 Å². The summed E-state index contributed by atoms with van der Waals surface area (Å²) in [4.78, 5) is 33.4. The minimum Gasteiger partial charge on any atom is -0.467 e. The van der Waals surface area contributed by atoms with Crippen LogP contribution in [0.1, 0.15) is 17.4 Å². The molecule has 1 aromatic carbocycles. The van der Waals surface area contributed by atoms with Crippen molar-refractivity contribution in [2.75, 3.05) is 7.11 Å². The highest BCUT2D eigenvalue weighted by atomic mass is 16.6. The van der Waals surface area contributed by atoms with E-state index in [1.807, 2.05) is 0 Å². The van der Waals surface area contributed by atoms with E-state index < -0.39 is 22.8 Å². The fourth-order valence-electron chi connectivity index (χ4n) is 1.82. The second kappa shape index (κ2) is 6.69. The van der Waals surface area contributed by atoms with Gasteiger partial charge in [0.25, 0.3) is 11.6 Å². The molecule has 1 N–H and O–H groups in total. The molecule has 9 nitrogen and oxygen atoms in total. The molecule has 1 amide bonds. The maximum absolute atomic E-state index is 12.0. The molecule has 0 unspecified atom stereocenters. The predicted molar refractivity (Wildman–Crippen MR) is 79.2 cm³/mol. The number of esters is 1. The van der Waals surface area contributed by atoms with Crippen molar-refractivity contribution in [3.63, 3.8) is 0 Å². The van der Waals surface area contributed by atoms with Crippen LogP contribution in [0, 0.1) is 10.1 Å². The van der Waals surface area contributed by atoms with Gasteiger partial charge in [0.05, 0.1) is 17.7 Å². The van der Waals surface area contributed by atoms with Crippen LogP contribution >= 0.6 is 0 Å². The molecule has 0 aliphatic heterocycles. The number of carbonyl (C=O) groups is 2. The Balaban J connectivity index is 2.12. The van der Waals surface area contributed by atoms with Crippen molar-refractivity contribution in [3.8, 4) is 5.69 Å². The number of carbonyl (C=O) groups excluding carboxylic acids is 2. The van der Waals surface area contributed by atoms with E-state index in [1.54, 1.807) is 6.20 Å². The average Bonchev–Trinajstić information content (AvgIpc) is 3.04. The summed E-state index contributed by atoms with van der Waals surface area (Å²) in [6.07, 6.45) is 1.54. The van der Waals surface area contributed by atoms with E-state index >= 15 is 0 Å². The van der Waals surface area contributed by atoms with Gasteiger partial charge in [-0.2, -0.15) is 5.10 Å². The van der Waals surface area contributed by atoms with E-state index in [4.69, 9.17) is 0 Å². The van der Waals surface area contributed by atoms with E-state index in [0.29, 0.717) is 5.69 Å². The van der Waals surface area contributed by atoms with Crippen LogP contribution < -0.4 is 5.32 Å². The third-order valence-corrected chi connectivity index (χ3v) is 3.05. The van der Waals surface area contributed by atoms with Crippen molar-refractivity contribution in [3.05, 3.63) is 52.3 Å².